The van der Waals surface area contributed by atoms with E-state index >= 15 is 0 Å². The zero-order valence-corrected chi connectivity index (χ0v) is 11.7. The minimum atomic E-state index is -0.0391. The summed E-state index contributed by atoms with van der Waals surface area (Å²) in [6.07, 6.45) is 2.71. The Hall–Kier alpha value is -1.88. The van der Waals surface area contributed by atoms with E-state index < -0.39 is 0 Å². The highest BCUT2D eigenvalue weighted by Crippen LogP contribution is 2.17. The lowest BCUT2D eigenvalue weighted by Gasteiger charge is -2.28. The van der Waals surface area contributed by atoms with Crippen LogP contribution in [0.1, 0.15) is 12.8 Å². The molecule has 1 heterocycles. The van der Waals surface area contributed by atoms with E-state index in [1.54, 1.807) is 13.2 Å². The van der Waals surface area contributed by atoms with Gasteiger partial charge in [-0.2, -0.15) is 0 Å². The van der Waals surface area contributed by atoms with Gasteiger partial charge in [0.15, 0.2) is 0 Å². The number of amides is 1. The first-order valence-corrected chi connectivity index (χ1v) is 6.83. The maximum atomic E-state index is 12.0. The van der Waals surface area contributed by atoms with Gasteiger partial charge in [-0.3, -0.25) is 9.69 Å². The monoisotopic (exact) mass is 276 g/mol. The van der Waals surface area contributed by atoms with Crippen LogP contribution in [0.4, 0.5) is 5.69 Å². The fourth-order valence-corrected chi connectivity index (χ4v) is 2.35. The van der Waals surface area contributed by atoms with Crippen LogP contribution in [0.5, 0.6) is 5.75 Å². The van der Waals surface area contributed by atoms with E-state index in [9.17, 15) is 9.59 Å². The van der Waals surface area contributed by atoms with E-state index in [-0.39, 0.29) is 11.8 Å². The first-order chi connectivity index (χ1) is 9.71. The van der Waals surface area contributed by atoms with Crippen LogP contribution in [-0.4, -0.2) is 43.8 Å². The molecule has 0 aliphatic carbocycles. The second-order valence-corrected chi connectivity index (χ2v) is 5.03. The Labute approximate surface area is 118 Å². The highest BCUT2D eigenvalue weighted by molar-refractivity contribution is 5.92. The second-order valence-electron chi connectivity index (χ2n) is 5.03. The number of hydrogen-bond donors (Lipinski definition) is 1. The molecule has 20 heavy (non-hydrogen) atoms. The molecule has 1 N–H and O–H groups in total. The molecule has 1 aromatic carbocycles. The Kier molecular flexibility index (Phi) is 5.12. The van der Waals surface area contributed by atoms with Crippen molar-refractivity contribution in [3.63, 3.8) is 0 Å². The SMILES string of the molecule is COc1cccc(NC(=O)CN2CCC(C=O)CC2)c1. The zero-order chi connectivity index (χ0) is 14.4. The van der Waals surface area contributed by atoms with E-state index in [0.29, 0.717) is 6.54 Å². The average Bonchev–Trinajstić information content (AvgIpc) is 2.48. The molecule has 1 aromatic rings. The third kappa shape index (κ3) is 4.06. The summed E-state index contributed by atoms with van der Waals surface area (Å²) in [5.41, 5.74) is 0.733. The molecule has 0 atom stereocenters. The van der Waals surface area contributed by atoms with Crippen molar-refractivity contribution < 1.29 is 14.3 Å². The number of methoxy groups -OCH3 is 1. The van der Waals surface area contributed by atoms with Crippen LogP contribution < -0.4 is 10.1 Å². The van der Waals surface area contributed by atoms with Gasteiger partial charge in [0.2, 0.25) is 5.91 Å². The fraction of sp³-hybridized carbons (Fsp3) is 0.467. The first-order valence-electron chi connectivity index (χ1n) is 6.83. The molecular formula is C15H20N2O3. The fourth-order valence-electron chi connectivity index (χ4n) is 2.35. The van der Waals surface area contributed by atoms with Crippen molar-refractivity contribution in [3.8, 4) is 5.75 Å². The molecular weight excluding hydrogens is 256 g/mol. The second kappa shape index (κ2) is 7.05. The van der Waals surface area contributed by atoms with Gasteiger partial charge >= 0.3 is 0 Å². The normalized spacial score (nSPS) is 16.6. The van der Waals surface area contributed by atoms with E-state index in [4.69, 9.17) is 4.74 Å². The molecule has 5 heteroatoms. The summed E-state index contributed by atoms with van der Waals surface area (Å²) in [6, 6.07) is 7.29. The van der Waals surface area contributed by atoms with Gasteiger partial charge in [-0.25, -0.2) is 0 Å². The number of likely N-dealkylation sites (tertiary alicyclic amines) is 1. The number of hydrogen-bond acceptors (Lipinski definition) is 4. The van der Waals surface area contributed by atoms with Crippen LogP contribution >= 0.6 is 0 Å². The Morgan fingerprint density at radius 1 is 1.45 bits per heavy atom. The summed E-state index contributed by atoms with van der Waals surface area (Å²) in [6.45, 7) is 1.96. The predicted octanol–water partition coefficient (Wildman–Crippen LogP) is 1.54. The Bertz CT molecular complexity index is 468. The van der Waals surface area contributed by atoms with Crippen LogP contribution in [0.2, 0.25) is 0 Å². The van der Waals surface area contributed by atoms with E-state index in [1.165, 1.54) is 0 Å². The molecule has 5 nitrogen and oxygen atoms in total. The number of anilines is 1. The molecule has 108 valence electrons. The Morgan fingerprint density at radius 3 is 2.85 bits per heavy atom. The summed E-state index contributed by atoms with van der Waals surface area (Å²) >= 11 is 0. The van der Waals surface area contributed by atoms with Gasteiger partial charge in [-0.1, -0.05) is 6.07 Å². The van der Waals surface area contributed by atoms with Crippen molar-refractivity contribution in [2.24, 2.45) is 5.92 Å². The van der Waals surface area contributed by atoms with Gasteiger partial charge < -0.3 is 14.8 Å². The molecule has 2 rings (SSSR count). The van der Waals surface area contributed by atoms with Gasteiger partial charge in [0.1, 0.15) is 12.0 Å². The molecule has 1 aliphatic heterocycles. The molecule has 1 fully saturated rings. The molecule has 0 aromatic heterocycles. The van der Waals surface area contributed by atoms with E-state index in [2.05, 4.69) is 10.2 Å². The Balaban J connectivity index is 1.82. The number of ether oxygens (including phenoxy) is 1. The van der Waals surface area contributed by atoms with Crippen molar-refractivity contribution in [3.05, 3.63) is 24.3 Å². The lowest BCUT2D eigenvalue weighted by Crippen LogP contribution is -2.39. The maximum absolute atomic E-state index is 12.0. The molecule has 0 unspecified atom stereocenters. The first kappa shape index (κ1) is 14.5. The predicted molar refractivity (Wildman–Crippen MR) is 76.9 cm³/mol. The summed E-state index contributed by atoms with van der Waals surface area (Å²) in [5, 5.41) is 2.86. The van der Waals surface area contributed by atoms with Crippen LogP contribution in [0, 0.1) is 5.92 Å². The van der Waals surface area contributed by atoms with Crippen molar-refractivity contribution in [1.29, 1.82) is 0 Å². The van der Waals surface area contributed by atoms with Crippen LogP contribution in [0.15, 0.2) is 24.3 Å². The smallest absolute Gasteiger partial charge is 0.238 e. The molecule has 0 bridgehead atoms. The largest absolute Gasteiger partial charge is 0.497 e. The molecule has 1 aliphatic rings. The number of rotatable bonds is 5. The van der Waals surface area contributed by atoms with Gasteiger partial charge in [0.05, 0.1) is 13.7 Å². The summed E-state index contributed by atoms with van der Waals surface area (Å²) < 4.78 is 5.12. The molecule has 0 saturated carbocycles. The lowest BCUT2D eigenvalue weighted by molar-refractivity contribution is -0.117. The summed E-state index contributed by atoms with van der Waals surface area (Å²) in [7, 11) is 1.60. The zero-order valence-electron chi connectivity index (χ0n) is 11.7. The van der Waals surface area contributed by atoms with Gasteiger partial charge in [0, 0.05) is 17.7 Å². The maximum Gasteiger partial charge on any atom is 0.238 e. The van der Waals surface area contributed by atoms with E-state index in [1.807, 2.05) is 18.2 Å². The third-order valence-corrected chi connectivity index (χ3v) is 3.55. The number of piperidine rings is 1. The summed E-state index contributed by atoms with van der Waals surface area (Å²) in [4.78, 5) is 24.7. The van der Waals surface area contributed by atoms with E-state index in [0.717, 1.165) is 43.7 Å². The highest BCUT2D eigenvalue weighted by atomic mass is 16.5. The number of carbonyl (C=O) groups is 2. The Morgan fingerprint density at radius 2 is 2.20 bits per heavy atom. The van der Waals surface area contributed by atoms with Crippen molar-refractivity contribution >= 4 is 17.9 Å². The quantitative estimate of drug-likeness (QED) is 0.829. The average molecular weight is 276 g/mol. The van der Waals surface area contributed by atoms with Crippen molar-refractivity contribution in [1.82, 2.24) is 4.90 Å². The van der Waals surface area contributed by atoms with Crippen LogP contribution in [-0.2, 0) is 9.59 Å². The number of aldehydes is 1. The lowest BCUT2D eigenvalue weighted by atomic mass is 9.99. The number of benzene rings is 1. The van der Waals surface area contributed by atoms with Crippen LogP contribution in [0.25, 0.3) is 0 Å². The number of nitrogens with one attached hydrogen (secondary N) is 1. The minimum absolute atomic E-state index is 0.0391. The van der Waals surface area contributed by atoms with Gasteiger partial charge in [-0.15, -0.1) is 0 Å². The number of carbonyl (C=O) groups excluding carboxylic acids is 2. The summed E-state index contributed by atoms with van der Waals surface area (Å²) in [5.74, 6) is 0.838. The molecule has 1 amide bonds. The number of nitrogens with zero attached hydrogens (tertiary/aromatic N) is 1. The van der Waals surface area contributed by atoms with Gasteiger partial charge in [0.25, 0.3) is 0 Å². The molecule has 0 spiro atoms. The standard InChI is InChI=1S/C15H20N2O3/c1-20-14-4-2-3-13(9-14)16-15(19)10-17-7-5-12(11-18)6-8-17/h2-4,9,11-12H,5-8,10H2,1H3,(H,16,19). The van der Waals surface area contributed by atoms with Crippen LogP contribution in [0.3, 0.4) is 0 Å². The van der Waals surface area contributed by atoms with Crippen molar-refractivity contribution in [2.45, 2.75) is 12.8 Å². The molecule has 0 radical (unpaired) electrons. The minimum Gasteiger partial charge on any atom is -0.497 e. The third-order valence-electron chi connectivity index (χ3n) is 3.55. The molecule has 1 saturated heterocycles. The highest BCUT2D eigenvalue weighted by Gasteiger charge is 2.20. The van der Waals surface area contributed by atoms with Gasteiger partial charge in [-0.05, 0) is 38.1 Å². The topological polar surface area (TPSA) is 58.6 Å². The van der Waals surface area contributed by atoms with Crippen molar-refractivity contribution in [2.75, 3.05) is 32.1 Å².